The molecule has 0 spiro atoms. The van der Waals surface area contributed by atoms with E-state index in [4.69, 9.17) is 0 Å². The molecule has 0 aromatic carbocycles. The van der Waals surface area contributed by atoms with Crippen LogP contribution in [0.25, 0.3) is 0 Å². The van der Waals surface area contributed by atoms with Gasteiger partial charge in [-0.05, 0) is 19.4 Å². The molecule has 0 atom stereocenters. The molecule has 6 nitrogen and oxygen atoms in total. The summed E-state index contributed by atoms with van der Waals surface area (Å²) in [4.78, 5) is 24.6. The van der Waals surface area contributed by atoms with Crippen LogP contribution in [0.4, 0.5) is 0 Å². The van der Waals surface area contributed by atoms with Crippen molar-refractivity contribution in [1.82, 2.24) is 15.1 Å². The molecule has 0 saturated carbocycles. The van der Waals surface area contributed by atoms with Crippen molar-refractivity contribution in [2.75, 3.05) is 20.7 Å². The molecule has 0 fully saturated rings. The van der Waals surface area contributed by atoms with Gasteiger partial charge in [0.05, 0.1) is 24.1 Å². The van der Waals surface area contributed by atoms with Crippen LogP contribution in [0.15, 0.2) is 6.07 Å². The maximum Gasteiger partial charge on any atom is 0.325 e. The smallest absolute Gasteiger partial charge is 0.325 e. The average Bonchev–Trinajstić information content (AvgIpc) is 2.37. The fraction of sp³-hybridized carbons (Fsp3) is 0.500. The van der Waals surface area contributed by atoms with Gasteiger partial charge in [0.2, 0.25) is 0 Å². The zero-order chi connectivity index (χ0) is 13.7. The van der Waals surface area contributed by atoms with Crippen LogP contribution in [0.1, 0.15) is 28.7 Å². The molecular formula is C12H17N3O3. The van der Waals surface area contributed by atoms with Crippen LogP contribution in [0, 0.1) is 6.92 Å². The number of aromatic nitrogens is 2. The molecule has 0 aliphatic rings. The lowest BCUT2D eigenvalue weighted by Gasteiger charge is -2.17. The molecule has 18 heavy (non-hydrogen) atoms. The lowest BCUT2D eigenvalue weighted by molar-refractivity contribution is -0.141. The van der Waals surface area contributed by atoms with Crippen molar-refractivity contribution in [2.45, 2.75) is 20.3 Å². The van der Waals surface area contributed by atoms with Gasteiger partial charge in [-0.2, -0.15) is 10.2 Å². The number of nitrogens with zero attached hydrogens (tertiary/aromatic N) is 3. The highest BCUT2D eigenvalue weighted by molar-refractivity contribution is 5.96. The van der Waals surface area contributed by atoms with Crippen molar-refractivity contribution < 1.29 is 14.3 Å². The normalized spacial score (nSPS) is 10.0. The summed E-state index contributed by atoms with van der Waals surface area (Å²) in [5, 5.41) is 7.90. The molecule has 0 unspecified atom stereocenters. The molecule has 1 aromatic heterocycles. The minimum atomic E-state index is -0.456. The highest BCUT2D eigenvalue weighted by atomic mass is 16.5. The van der Waals surface area contributed by atoms with Crippen molar-refractivity contribution in [2.24, 2.45) is 0 Å². The number of hydrogen-bond acceptors (Lipinski definition) is 5. The fourth-order valence-electron chi connectivity index (χ4n) is 1.50. The summed E-state index contributed by atoms with van der Waals surface area (Å²) in [5.41, 5.74) is 1.78. The van der Waals surface area contributed by atoms with Gasteiger partial charge in [0.25, 0.3) is 5.91 Å². The van der Waals surface area contributed by atoms with Crippen LogP contribution in [-0.2, 0) is 16.0 Å². The second-order valence-corrected chi connectivity index (χ2v) is 3.94. The third-order valence-corrected chi connectivity index (χ3v) is 2.50. The highest BCUT2D eigenvalue weighted by Gasteiger charge is 2.19. The van der Waals surface area contributed by atoms with Gasteiger partial charge in [0.1, 0.15) is 6.54 Å². The Morgan fingerprint density at radius 3 is 2.61 bits per heavy atom. The fourth-order valence-corrected chi connectivity index (χ4v) is 1.50. The number of carbonyl (C=O) groups is 2. The summed E-state index contributed by atoms with van der Waals surface area (Å²) in [6, 6.07) is 1.68. The first-order valence-electron chi connectivity index (χ1n) is 5.65. The van der Waals surface area contributed by atoms with E-state index in [1.807, 2.05) is 6.92 Å². The van der Waals surface area contributed by atoms with Crippen LogP contribution >= 0.6 is 0 Å². The molecule has 0 radical (unpaired) electrons. The largest absolute Gasteiger partial charge is 0.468 e. The van der Waals surface area contributed by atoms with Gasteiger partial charge in [0.15, 0.2) is 0 Å². The Bertz CT molecular complexity index is 460. The van der Waals surface area contributed by atoms with Gasteiger partial charge < -0.3 is 9.64 Å². The predicted octanol–water partition coefficient (Wildman–Crippen LogP) is 0.592. The van der Waals surface area contributed by atoms with E-state index in [1.54, 1.807) is 20.0 Å². The number of carbonyl (C=O) groups excluding carboxylic acids is 2. The molecule has 1 aromatic rings. The Morgan fingerprint density at radius 2 is 2.06 bits per heavy atom. The van der Waals surface area contributed by atoms with Crippen LogP contribution in [0.5, 0.6) is 0 Å². The van der Waals surface area contributed by atoms with Crippen molar-refractivity contribution >= 4 is 11.9 Å². The average molecular weight is 251 g/mol. The highest BCUT2D eigenvalue weighted by Crippen LogP contribution is 2.10. The Morgan fingerprint density at radius 1 is 1.39 bits per heavy atom. The Labute approximate surface area is 106 Å². The topological polar surface area (TPSA) is 72.4 Å². The molecule has 0 saturated heterocycles. The quantitative estimate of drug-likeness (QED) is 0.732. The number of aryl methyl sites for hydroxylation is 2. The molecule has 1 heterocycles. The summed E-state index contributed by atoms with van der Waals surface area (Å²) in [7, 11) is 2.84. The van der Waals surface area contributed by atoms with Gasteiger partial charge >= 0.3 is 5.97 Å². The number of rotatable bonds is 4. The summed E-state index contributed by atoms with van der Waals surface area (Å²) >= 11 is 0. The third-order valence-electron chi connectivity index (χ3n) is 2.50. The van der Waals surface area contributed by atoms with Gasteiger partial charge in [-0.15, -0.1) is 0 Å². The van der Waals surface area contributed by atoms with Crippen LogP contribution in [-0.4, -0.2) is 47.7 Å². The van der Waals surface area contributed by atoms with Crippen LogP contribution < -0.4 is 0 Å². The number of ether oxygens (including phenoxy) is 1. The van der Waals surface area contributed by atoms with E-state index in [9.17, 15) is 9.59 Å². The first-order valence-corrected chi connectivity index (χ1v) is 5.65. The number of amides is 1. The van der Waals surface area contributed by atoms with E-state index < -0.39 is 5.97 Å². The Hall–Kier alpha value is -1.98. The van der Waals surface area contributed by atoms with Gasteiger partial charge in [-0.1, -0.05) is 6.92 Å². The summed E-state index contributed by atoms with van der Waals surface area (Å²) in [6.07, 6.45) is 0.612. The zero-order valence-electron chi connectivity index (χ0n) is 11.1. The minimum Gasteiger partial charge on any atom is -0.468 e. The molecular weight excluding hydrogens is 234 g/mol. The molecule has 6 heteroatoms. The molecule has 98 valence electrons. The van der Waals surface area contributed by atoms with E-state index in [-0.39, 0.29) is 12.5 Å². The third kappa shape index (κ3) is 3.26. The maximum absolute atomic E-state index is 12.2. The van der Waals surface area contributed by atoms with Gasteiger partial charge in [-0.25, -0.2) is 0 Å². The van der Waals surface area contributed by atoms with Crippen molar-refractivity contribution in [3.63, 3.8) is 0 Å². The summed E-state index contributed by atoms with van der Waals surface area (Å²) in [6.45, 7) is 3.58. The maximum atomic E-state index is 12.2. The zero-order valence-corrected chi connectivity index (χ0v) is 11.1. The van der Waals surface area contributed by atoms with Crippen molar-refractivity contribution in [1.29, 1.82) is 0 Å². The van der Waals surface area contributed by atoms with Crippen molar-refractivity contribution in [3.8, 4) is 0 Å². The lowest BCUT2D eigenvalue weighted by Crippen LogP contribution is -2.33. The van der Waals surface area contributed by atoms with E-state index >= 15 is 0 Å². The van der Waals surface area contributed by atoms with Gasteiger partial charge in [0, 0.05) is 7.05 Å². The van der Waals surface area contributed by atoms with E-state index in [0.29, 0.717) is 23.4 Å². The number of hydrogen-bond donors (Lipinski definition) is 0. The van der Waals surface area contributed by atoms with E-state index in [0.717, 1.165) is 0 Å². The van der Waals surface area contributed by atoms with Crippen LogP contribution in [0.3, 0.4) is 0 Å². The van der Waals surface area contributed by atoms with Crippen LogP contribution in [0.2, 0.25) is 0 Å². The molecule has 1 amide bonds. The standard InChI is InChI=1S/C12H17N3O3/c1-5-10-9(6-8(2)13-14-10)12(17)15(3)7-11(16)18-4/h6H,5,7H2,1-4H3. The first kappa shape index (κ1) is 14.1. The second kappa shape index (κ2) is 6.09. The molecule has 0 N–H and O–H groups in total. The predicted molar refractivity (Wildman–Crippen MR) is 65.1 cm³/mol. The number of esters is 1. The molecule has 0 aliphatic carbocycles. The number of methoxy groups -OCH3 is 1. The van der Waals surface area contributed by atoms with Gasteiger partial charge in [-0.3, -0.25) is 9.59 Å². The van der Waals surface area contributed by atoms with E-state index in [1.165, 1.54) is 12.0 Å². The second-order valence-electron chi connectivity index (χ2n) is 3.94. The summed E-state index contributed by atoms with van der Waals surface area (Å²) < 4.78 is 4.53. The lowest BCUT2D eigenvalue weighted by atomic mass is 10.1. The molecule has 0 aliphatic heterocycles. The SMILES string of the molecule is CCc1nnc(C)cc1C(=O)N(C)CC(=O)OC. The number of likely N-dealkylation sites (N-methyl/N-ethyl adjacent to an activating group) is 1. The molecule has 0 bridgehead atoms. The monoisotopic (exact) mass is 251 g/mol. The van der Waals surface area contributed by atoms with Crippen molar-refractivity contribution in [3.05, 3.63) is 23.0 Å². The summed E-state index contributed by atoms with van der Waals surface area (Å²) in [5.74, 6) is -0.710. The Kier molecular flexibility index (Phi) is 4.76. The molecule has 1 rings (SSSR count). The minimum absolute atomic E-state index is 0.0835. The Balaban J connectivity index is 2.95. The first-order chi connectivity index (χ1) is 8.49. The van der Waals surface area contributed by atoms with E-state index in [2.05, 4.69) is 14.9 Å².